The van der Waals surface area contributed by atoms with Crippen LogP contribution in [0.25, 0.3) is 0 Å². The highest BCUT2D eigenvalue weighted by atomic mass is 35.5. The van der Waals surface area contributed by atoms with E-state index in [0.29, 0.717) is 22.0 Å². The molecule has 2 N–H and O–H groups in total. The Balaban J connectivity index is 2.09. The summed E-state index contributed by atoms with van der Waals surface area (Å²) in [6.45, 7) is 0. The Kier molecular flexibility index (Phi) is 4.01. The molecule has 0 aliphatic heterocycles. The van der Waals surface area contributed by atoms with E-state index in [1.807, 2.05) is 24.3 Å². The number of benzene rings is 2. The minimum atomic E-state index is -0.414. The Bertz CT molecular complexity index is 635. The molecule has 5 heteroatoms. The Labute approximate surface area is 115 Å². The van der Waals surface area contributed by atoms with Crippen LogP contribution >= 0.6 is 11.6 Å². The monoisotopic (exact) mass is 271 g/mol. The molecule has 0 saturated heterocycles. The van der Waals surface area contributed by atoms with Crippen molar-refractivity contribution >= 4 is 29.0 Å². The third-order valence-corrected chi connectivity index (χ3v) is 2.70. The number of carbonyl (C=O) groups is 1. The van der Waals surface area contributed by atoms with Crippen molar-refractivity contribution in [2.45, 2.75) is 0 Å². The first kappa shape index (κ1) is 12.9. The van der Waals surface area contributed by atoms with Crippen molar-refractivity contribution in [3.63, 3.8) is 0 Å². The molecule has 0 atom stereocenters. The minimum absolute atomic E-state index is 0.377. The van der Waals surface area contributed by atoms with E-state index in [1.165, 1.54) is 6.07 Å². The fourth-order valence-corrected chi connectivity index (χ4v) is 1.66. The molecule has 2 rings (SSSR count). The zero-order valence-electron chi connectivity index (χ0n) is 9.85. The molecule has 4 nitrogen and oxygen atoms in total. The third-order valence-electron chi connectivity index (χ3n) is 2.38. The summed E-state index contributed by atoms with van der Waals surface area (Å²) in [4.78, 5) is 11.8. The predicted molar refractivity (Wildman–Crippen MR) is 75.3 cm³/mol. The SMILES string of the molecule is N#Cc1ccc(Cl)c(NC(=O)Nc2ccccc2)c1. The van der Waals surface area contributed by atoms with E-state index in [4.69, 9.17) is 16.9 Å². The van der Waals surface area contributed by atoms with Crippen molar-refractivity contribution in [2.75, 3.05) is 10.6 Å². The normalized spacial score (nSPS) is 9.47. The molecule has 0 aliphatic rings. The van der Waals surface area contributed by atoms with Gasteiger partial charge in [0.1, 0.15) is 0 Å². The van der Waals surface area contributed by atoms with Crippen LogP contribution in [0.5, 0.6) is 0 Å². The number of anilines is 2. The number of nitriles is 1. The Hall–Kier alpha value is -2.51. The average Bonchev–Trinajstić information content (AvgIpc) is 2.42. The maximum absolute atomic E-state index is 11.8. The highest BCUT2D eigenvalue weighted by molar-refractivity contribution is 6.33. The smallest absolute Gasteiger partial charge is 0.308 e. The number of hydrogen-bond acceptors (Lipinski definition) is 2. The van der Waals surface area contributed by atoms with E-state index in [2.05, 4.69) is 10.6 Å². The van der Waals surface area contributed by atoms with Gasteiger partial charge in [-0.25, -0.2) is 4.79 Å². The van der Waals surface area contributed by atoms with Gasteiger partial charge in [0.25, 0.3) is 0 Å². The summed E-state index contributed by atoms with van der Waals surface area (Å²) in [6.07, 6.45) is 0. The molecule has 0 radical (unpaired) electrons. The Morgan fingerprint density at radius 3 is 2.53 bits per heavy atom. The van der Waals surface area contributed by atoms with Crippen LogP contribution < -0.4 is 10.6 Å². The molecule has 94 valence electrons. The van der Waals surface area contributed by atoms with Gasteiger partial charge >= 0.3 is 6.03 Å². The number of nitrogens with zero attached hydrogens (tertiary/aromatic N) is 1. The van der Waals surface area contributed by atoms with Crippen LogP contribution in [0.15, 0.2) is 48.5 Å². The number of carbonyl (C=O) groups excluding carboxylic acids is 1. The van der Waals surface area contributed by atoms with Gasteiger partial charge in [-0.3, -0.25) is 0 Å². The van der Waals surface area contributed by atoms with Crippen LogP contribution in [0.4, 0.5) is 16.2 Å². The van der Waals surface area contributed by atoms with E-state index in [9.17, 15) is 4.79 Å². The van der Waals surface area contributed by atoms with Crippen LogP contribution in [-0.2, 0) is 0 Å². The van der Waals surface area contributed by atoms with Gasteiger partial charge in [-0.1, -0.05) is 29.8 Å². The quantitative estimate of drug-likeness (QED) is 0.871. The molecule has 0 bridgehead atoms. The second-order valence-corrected chi connectivity index (χ2v) is 4.16. The lowest BCUT2D eigenvalue weighted by atomic mass is 10.2. The first-order chi connectivity index (χ1) is 9.19. The van der Waals surface area contributed by atoms with E-state index in [-0.39, 0.29) is 0 Å². The maximum atomic E-state index is 11.8. The van der Waals surface area contributed by atoms with Crippen molar-refractivity contribution in [3.8, 4) is 6.07 Å². The van der Waals surface area contributed by atoms with Crippen LogP contribution in [0.2, 0.25) is 5.02 Å². The minimum Gasteiger partial charge on any atom is -0.308 e. The number of amides is 2. The summed E-state index contributed by atoms with van der Waals surface area (Å²) in [5.41, 5.74) is 1.50. The molecule has 0 unspecified atom stereocenters. The lowest BCUT2D eigenvalue weighted by Gasteiger charge is -2.09. The van der Waals surface area contributed by atoms with Gasteiger partial charge in [0.2, 0.25) is 0 Å². The predicted octanol–water partition coefficient (Wildman–Crippen LogP) is 3.86. The molecule has 0 fully saturated rings. The van der Waals surface area contributed by atoms with Crippen molar-refractivity contribution < 1.29 is 4.79 Å². The molecule has 2 amide bonds. The first-order valence-electron chi connectivity index (χ1n) is 5.52. The fraction of sp³-hybridized carbons (Fsp3) is 0. The highest BCUT2D eigenvalue weighted by Crippen LogP contribution is 2.23. The largest absolute Gasteiger partial charge is 0.323 e. The molecule has 0 heterocycles. The maximum Gasteiger partial charge on any atom is 0.323 e. The number of halogens is 1. The molecule has 2 aromatic rings. The van der Waals surface area contributed by atoms with Gasteiger partial charge in [0.15, 0.2) is 0 Å². The second-order valence-electron chi connectivity index (χ2n) is 3.75. The van der Waals surface area contributed by atoms with E-state index in [0.717, 1.165) is 0 Å². The molecule has 19 heavy (non-hydrogen) atoms. The molecule has 0 saturated carbocycles. The molecule has 0 aromatic heterocycles. The molecular weight excluding hydrogens is 262 g/mol. The topological polar surface area (TPSA) is 64.9 Å². The molecular formula is C14H10ClN3O. The summed E-state index contributed by atoms with van der Waals surface area (Å²) < 4.78 is 0. The zero-order chi connectivity index (χ0) is 13.7. The van der Waals surface area contributed by atoms with Crippen molar-refractivity contribution in [3.05, 3.63) is 59.1 Å². The van der Waals surface area contributed by atoms with Crippen molar-refractivity contribution in [1.29, 1.82) is 5.26 Å². The molecule has 0 spiro atoms. The summed E-state index contributed by atoms with van der Waals surface area (Å²) in [5.74, 6) is 0. The third kappa shape index (κ3) is 3.47. The Morgan fingerprint density at radius 2 is 1.84 bits per heavy atom. The Morgan fingerprint density at radius 1 is 1.11 bits per heavy atom. The summed E-state index contributed by atoms with van der Waals surface area (Å²) in [7, 11) is 0. The van der Waals surface area contributed by atoms with Gasteiger partial charge in [-0.2, -0.15) is 5.26 Å². The average molecular weight is 272 g/mol. The van der Waals surface area contributed by atoms with Crippen LogP contribution in [0.1, 0.15) is 5.56 Å². The van der Waals surface area contributed by atoms with E-state index < -0.39 is 6.03 Å². The summed E-state index contributed by atoms with van der Waals surface area (Å²) in [6, 6.07) is 15.3. The number of nitrogens with one attached hydrogen (secondary N) is 2. The number of rotatable bonds is 2. The van der Waals surface area contributed by atoms with E-state index in [1.54, 1.807) is 24.3 Å². The second kappa shape index (κ2) is 5.89. The van der Waals surface area contributed by atoms with Crippen molar-refractivity contribution in [2.24, 2.45) is 0 Å². The lowest BCUT2D eigenvalue weighted by Crippen LogP contribution is -2.19. The van der Waals surface area contributed by atoms with Crippen LogP contribution in [-0.4, -0.2) is 6.03 Å². The molecule has 2 aromatic carbocycles. The first-order valence-corrected chi connectivity index (χ1v) is 5.89. The van der Waals surface area contributed by atoms with Gasteiger partial charge in [-0.05, 0) is 30.3 Å². The lowest BCUT2D eigenvalue weighted by molar-refractivity contribution is 0.262. The highest BCUT2D eigenvalue weighted by Gasteiger charge is 2.06. The van der Waals surface area contributed by atoms with Crippen LogP contribution in [0.3, 0.4) is 0 Å². The number of para-hydroxylation sites is 1. The van der Waals surface area contributed by atoms with Crippen molar-refractivity contribution in [1.82, 2.24) is 0 Å². The van der Waals surface area contributed by atoms with Gasteiger partial charge in [-0.15, -0.1) is 0 Å². The standard InChI is InChI=1S/C14H10ClN3O/c15-12-7-6-10(9-16)8-13(12)18-14(19)17-11-4-2-1-3-5-11/h1-8H,(H2,17,18,19). The summed E-state index contributed by atoms with van der Waals surface area (Å²) in [5, 5.41) is 14.4. The van der Waals surface area contributed by atoms with Gasteiger partial charge < -0.3 is 10.6 Å². The molecule has 0 aliphatic carbocycles. The number of urea groups is 1. The van der Waals surface area contributed by atoms with Gasteiger partial charge in [0.05, 0.1) is 22.3 Å². The fourth-order valence-electron chi connectivity index (χ4n) is 1.50. The zero-order valence-corrected chi connectivity index (χ0v) is 10.6. The van der Waals surface area contributed by atoms with Gasteiger partial charge in [0, 0.05) is 5.69 Å². The number of hydrogen-bond donors (Lipinski definition) is 2. The summed E-state index contributed by atoms with van der Waals surface area (Å²) >= 11 is 5.95. The van der Waals surface area contributed by atoms with E-state index >= 15 is 0 Å². The van der Waals surface area contributed by atoms with Crippen LogP contribution in [0, 0.1) is 11.3 Å².